The number of hydrogen-bond donors (Lipinski definition) is 1. The largest absolute Gasteiger partial charge is 0.325 e. The Hall–Kier alpha value is -2.12. The zero-order valence-corrected chi connectivity index (χ0v) is 15.3. The number of benzene rings is 1. The molecular formula is C17H17N3O2S2. The van der Waals surface area contributed by atoms with Crippen molar-refractivity contribution in [2.24, 2.45) is 7.05 Å². The molecule has 3 aromatic rings. The van der Waals surface area contributed by atoms with Crippen molar-refractivity contribution in [3.05, 3.63) is 51.1 Å². The van der Waals surface area contributed by atoms with Crippen LogP contribution in [0.4, 0.5) is 5.69 Å². The molecule has 0 bridgehead atoms. The third-order valence-electron chi connectivity index (χ3n) is 3.49. The van der Waals surface area contributed by atoms with Gasteiger partial charge in [-0.1, -0.05) is 23.9 Å². The van der Waals surface area contributed by atoms with Crippen molar-refractivity contribution in [3.8, 4) is 0 Å². The van der Waals surface area contributed by atoms with Crippen molar-refractivity contribution >= 4 is 44.9 Å². The molecule has 0 saturated heterocycles. The Bertz CT molecular complexity index is 976. The minimum Gasteiger partial charge on any atom is -0.325 e. The Labute approximate surface area is 147 Å². The van der Waals surface area contributed by atoms with Gasteiger partial charge < -0.3 is 5.32 Å². The van der Waals surface area contributed by atoms with Gasteiger partial charge in [0.05, 0.1) is 11.1 Å². The number of fused-ring (bicyclic) bond motifs is 1. The number of hydrogen-bond acceptors (Lipinski definition) is 5. The smallest absolute Gasteiger partial charge is 0.262 e. The highest BCUT2D eigenvalue weighted by molar-refractivity contribution is 7.99. The molecule has 124 valence electrons. The molecular weight excluding hydrogens is 342 g/mol. The van der Waals surface area contributed by atoms with Gasteiger partial charge in [-0.25, -0.2) is 4.98 Å². The third-order valence-corrected chi connectivity index (χ3v) is 5.46. The molecule has 0 fully saturated rings. The van der Waals surface area contributed by atoms with Crippen LogP contribution in [0.5, 0.6) is 0 Å². The van der Waals surface area contributed by atoms with Crippen LogP contribution in [0.3, 0.4) is 0 Å². The highest BCUT2D eigenvalue weighted by Crippen LogP contribution is 2.23. The van der Waals surface area contributed by atoms with Gasteiger partial charge in [-0.05, 0) is 37.6 Å². The molecule has 2 aromatic heterocycles. The van der Waals surface area contributed by atoms with Crippen LogP contribution in [0.2, 0.25) is 0 Å². The van der Waals surface area contributed by atoms with E-state index in [1.165, 1.54) is 27.7 Å². The summed E-state index contributed by atoms with van der Waals surface area (Å²) in [5.74, 6) is 0.0756. The number of nitrogens with zero attached hydrogens (tertiary/aromatic N) is 2. The van der Waals surface area contributed by atoms with Gasteiger partial charge in [0.25, 0.3) is 5.56 Å². The minimum atomic E-state index is -0.123. The van der Waals surface area contributed by atoms with Crippen molar-refractivity contribution < 1.29 is 4.79 Å². The molecule has 0 saturated carbocycles. The van der Waals surface area contributed by atoms with Crippen LogP contribution in [-0.4, -0.2) is 21.2 Å². The molecule has 2 heterocycles. The van der Waals surface area contributed by atoms with E-state index in [9.17, 15) is 9.59 Å². The number of nitrogens with one attached hydrogen (secondary N) is 1. The number of thiophene rings is 1. The Morgan fingerprint density at radius 3 is 2.88 bits per heavy atom. The number of anilines is 1. The van der Waals surface area contributed by atoms with Crippen LogP contribution < -0.4 is 10.9 Å². The Kier molecular flexibility index (Phi) is 4.73. The van der Waals surface area contributed by atoms with E-state index in [1.807, 2.05) is 44.2 Å². The quantitative estimate of drug-likeness (QED) is 0.573. The Morgan fingerprint density at radius 2 is 2.12 bits per heavy atom. The van der Waals surface area contributed by atoms with Crippen LogP contribution >= 0.6 is 23.1 Å². The van der Waals surface area contributed by atoms with E-state index in [2.05, 4.69) is 10.3 Å². The lowest BCUT2D eigenvalue weighted by atomic mass is 10.2. The van der Waals surface area contributed by atoms with Crippen molar-refractivity contribution in [2.45, 2.75) is 19.0 Å². The van der Waals surface area contributed by atoms with Crippen LogP contribution in [0.15, 0.2) is 40.3 Å². The average molecular weight is 359 g/mol. The first kappa shape index (κ1) is 16.7. The second kappa shape index (κ2) is 6.78. The maximum absolute atomic E-state index is 12.4. The van der Waals surface area contributed by atoms with Crippen molar-refractivity contribution in [3.63, 3.8) is 0 Å². The molecule has 0 unspecified atom stereocenters. The molecule has 1 amide bonds. The summed E-state index contributed by atoms with van der Waals surface area (Å²) in [5, 5.41) is 4.04. The zero-order chi connectivity index (χ0) is 17.3. The third kappa shape index (κ3) is 3.52. The first-order chi connectivity index (χ1) is 11.4. The van der Waals surface area contributed by atoms with E-state index in [4.69, 9.17) is 0 Å². The fourth-order valence-electron chi connectivity index (χ4n) is 2.35. The fraction of sp³-hybridized carbons (Fsp3) is 0.235. The maximum atomic E-state index is 12.4. The molecule has 0 spiro atoms. The molecule has 0 atom stereocenters. The van der Waals surface area contributed by atoms with E-state index in [0.717, 1.165) is 21.0 Å². The normalized spacial score (nSPS) is 11.0. The van der Waals surface area contributed by atoms with Gasteiger partial charge in [0.1, 0.15) is 4.83 Å². The molecule has 0 radical (unpaired) electrons. The lowest BCUT2D eigenvalue weighted by Gasteiger charge is -2.08. The molecule has 3 rings (SSSR count). The molecule has 5 nitrogen and oxygen atoms in total. The first-order valence-corrected chi connectivity index (χ1v) is 9.21. The summed E-state index contributed by atoms with van der Waals surface area (Å²) in [5.41, 5.74) is 1.78. The van der Waals surface area contributed by atoms with Gasteiger partial charge in [-0.15, -0.1) is 11.3 Å². The molecule has 7 heteroatoms. The van der Waals surface area contributed by atoms with E-state index in [-0.39, 0.29) is 17.2 Å². The monoisotopic (exact) mass is 359 g/mol. The molecule has 0 aliphatic heterocycles. The highest BCUT2D eigenvalue weighted by Gasteiger charge is 2.13. The summed E-state index contributed by atoms with van der Waals surface area (Å²) >= 11 is 2.75. The Morgan fingerprint density at radius 1 is 1.33 bits per heavy atom. The summed E-state index contributed by atoms with van der Waals surface area (Å²) in [6.45, 7) is 3.93. The van der Waals surface area contributed by atoms with E-state index in [0.29, 0.717) is 10.5 Å². The van der Waals surface area contributed by atoms with E-state index < -0.39 is 0 Å². The fourth-order valence-corrected chi connectivity index (χ4v) is 4.04. The van der Waals surface area contributed by atoms with Crippen molar-refractivity contribution in [2.75, 3.05) is 11.1 Å². The number of thioether (sulfide) groups is 1. The van der Waals surface area contributed by atoms with E-state index >= 15 is 0 Å². The summed E-state index contributed by atoms with van der Waals surface area (Å²) in [7, 11) is 1.68. The second-order valence-corrected chi connectivity index (χ2v) is 7.72. The maximum Gasteiger partial charge on any atom is 0.262 e. The number of aryl methyl sites for hydroxylation is 2. The number of amides is 1. The second-order valence-electron chi connectivity index (χ2n) is 5.54. The topological polar surface area (TPSA) is 64.0 Å². The predicted molar refractivity (Wildman–Crippen MR) is 100 cm³/mol. The number of carbonyl (C=O) groups is 1. The molecule has 1 aromatic carbocycles. The predicted octanol–water partition coefficient (Wildman–Crippen LogP) is 3.34. The number of carbonyl (C=O) groups excluding carboxylic acids is 1. The van der Waals surface area contributed by atoms with Gasteiger partial charge in [0.2, 0.25) is 5.91 Å². The summed E-state index contributed by atoms with van der Waals surface area (Å²) in [4.78, 5) is 30.8. The standard InChI is InChI=1S/C17H17N3O2S2/c1-10-5-4-6-12(7-10)18-14(21)9-23-17-19-15-13(8-11(2)24-15)16(22)20(17)3/h4-8H,9H2,1-3H3,(H,18,21). The van der Waals surface area contributed by atoms with Crippen molar-refractivity contribution in [1.82, 2.24) is 9.55 Å². The lowest BCUT2D eigenvalue weighted by molar-refractivity contribution is -0.113. The van der Waals surface area contributed by atoms with Crippen LogP contribution in [-0.2, 0) is 11.8 Å². The van der Waals surface area contributed by atoms with Gasteiger partial charge in [-0.2, -0.15) is 0 Å². The van der Waals surface area contributed by atoms with E-state index in [1.54, 1.807) is 7.05 Å². The van der Waals surface area contributed by atoms with Crippen molar-refractivity contribution in [1.29, 1.82) is 0 Å². The summed E-state index contributed by atoms with van der Waals surface area (Å²) in [6.07, 6.45) is 0. The van der Waals surface area contributed by atoms with Gasteiger partial charge >= 0.3 is 0 Å². The molecule has 0 aliphatic rings. The highest BCUT2D eigenvalue weighted by atomic mass is 32.2. The van der Waals surface area contributed by atoms with Gasteiger partial charge in [-0.3, -0.25) is 14.2 Å². The summed E-state index contributed by atoms with van der Waals surface area (Å²) < 4.78 is 1.50. The number of aromatic nitrogens is 2. The summed E-state index contributed by atoms with van der Waals surface area (Å²) in [6, 6.07) is 9.49. The molecule has 0 aliphatic carbocycles. The minimum absolute atomic E-state index is 0.0778. The first-order valence-electron chi connectivity index (χ1n) is 7.40. The zero-order valence-electron chi connectivity index (χ0n) is 13.6. The van der Waals surface area contributed by atoms with Crippen LogP contribution in [0, 0.1) is 13.8 Å². The number of rotatable bonds is 4. The SMILES string of the molecule is Cc1cccc(NC(=O)CSc2nc3sc(C)cc3c(=O)n2C)c1. The van der Waals surface area contributed by atoms with Crippen LogP contribution in [0.1, 0.15) is 10.4 Å². The average Bonchev–Trinajstić information content (AvgIpc) is 2.90. The Balaban J connectivity index is 1.74. The lowest BCUT2D eigenvalue weighted by Crippen LogP contribution is -2.20. The molecule has 1 N–H and O–H groups in total. The molecule has 24 heavy (non-hydrogen) atoms. The van der Waals surface area contributed by atoms with Gasteiger partial charge in [0.15, 0.2) is 5.16 Å². The van der Waals surface area contributed by atoms with Gasteiger partial charge in [0, 0.05) is 17.6 Å². The van der Waals surface area contributed by atoms with Crippen LogP contribution in [0.25, 0.3) is 10.2 Å².